The number of nitrogens with zero attached hydrogens (tertiary/aromatic N) is 2. The van der Waals surface area contributed by atoms with E-state index in [-0.39, 0.29) is 0 Å². The molecule has 0 saturated heterocycles. The van der Waals surface area contributed by atoms with Crippen molar-refractivity contribution >= 4 is 45.2 Å². The van der Waals surface area contributed by atoms with Crippen LogP contribution < -0.4 is 14.2 Å². The van der Waals surface area contributed by atoms with Crippen molar-refractivity contribution in [3.8, 4) is 46.7 Å². The van der Waals surface area contributed by atoms with Crippen LogP contribution in [0.4, 0.5) is 0 Å². The SMILES string of the molecule is CC#CCOc1ccc2cc(C3(c4ccc(Oc5ccc(C6(c7ccc8cc(OCC#CC)ccc8c7)c7ccccc7C=C(OC)c7cnccc76)cc5)cc4)c4ccccc4C=C(OC)c4cnccc43)ccc2c1. The average molecular weight is 1000 g/mol. The highest BCUT2D eigenvalue weighted by molar-refractivity contribution is 5.91. The first kappa shape index (κ1) is 48.1. The van der Waals surface area contributed by atoms with Crippen molar-refractivity contribution in [2.75, 3.05) is 27.4 Å². The molecule has 8 aromatic carbocycles. The van der Waals surface area contributed by atoms with Crippen LogP contribution in [0.15, 0.2) is 207 Å². The molecule has 0 spiro atoms. The van der Waals surface area contributed by atoms with Crippen molar-refractivity contribution in [2.45, 2.75) is 24.7 Å². The molecular weight excluding hydrogens is 949 g/mol. The van der Waals surface area contributed by atoms with Gasteiger partial charge in [-0.1, -0.05) is 121 Å². The fraction of sp³-hybridized carbons (Fsp3) is 0.114. The van der Waals surface area contributed by atoms with E-state index >= 15 is 0 Å². The fourth-order valence-corrected chi connectivity index (χ4v) is 11.6. The van der Waals surface area contributed by atoms with Crippen LogP contribution in [0.5, 0.6) is 23.0 Å². The molecular formula is C70H52N2O5. The maximum absolute atomic E-state index is 6.82. The van der Waals surface area contributed by atoms with E-state index < -0.39 is 10.8 Å². The summed E-state index contributed by atoms with van der Waals surface area (Å²) in [5, 5.41) is 4.30. The van der Waals surface area contributed by atoms with E-state index in [1.54, 1.807) is 14.2 Å². The Morgan fingerprint density at radius 2 is 0.792 bits per heavy atom. The lowest BCUT2D eigenvalue weighted by atomic mass is 9.63. The maximum atomic E-state index is 6.82. The standard InChI is InChI=1S/C70H52N2O5/c1-5-7-37-75-59-27-19-47-39-55(21-17-49(47)41-59)69(63-15-11-9-13-51(63)43-67(73-3)61-45-71-35-33-65(61)69)53-23-29-57(30-24-53)77-58-31-25-54(26-32-58)70(56-22-18-50-42-60(76-38-8-6-2)28-20-48(50)40-56)64-16-12-10-14-52(64)44-68(74-4)62-46-72-36-34-66(62)70/h9-36,39-46H,37-38H2,1-4H3. The second-order valence-electron chi connectivity index (χ2n) is 19.0. The molecule has 2 aromatic heterocycles. The lowest BCUT2D eigenvalue weighted by molar-refractivity contribution is 0.370. The van der Waals surface area contributed by atoms with E-state index in [2.05, 4.69) is 216 Å². The molecule has 2 atom stereocenters. The molecule has 0 amide bonds. The Bertz CT molecular complexity index is 3830. The lowest BCUT2D eigenvalue weighted by Crippen LogP contribution is -2.32. The second kappa shape index (κ2) is 20.5. The Balaban J connectivity index is 0.963. The van der Waals surface area contributed by atoms with E-state index in [1.807, 2.05) is 50.8 Å². The van der Waals surface area contributed by atoms with Gasteiger partial charge in [0.25, 0.3) is 0 Å². The van der Waals surface area contributed by atoms with Crippen LogP contribution >= 0.6 is 0 Å². The van der Waals surface area contributed by atoms with Gasteiger partial charge >= 0.3 is 0 Å². The third-order valence-corrected chi connectivity index (χ3v) is 15.0. The van der Waals surface area contributed by atoms with E-state index in [1.165, 1.54) is 0 Å². The lowest BCUT2D eigenvalue weighted by Gasteiger charge is -2.38. The zero-order chi connectivity index (χ0) is 52.3. The zero-order valence-electron chi connectivity index (χ0n) is 43.1. The summed E-state index contributed by atoms with van der Waals surface area (Å²) in [6.45, 7) is 4.30. The number of pyridine rings is 2. The normalized spacial score (nSPS) is 15.9. The third kappa shape index (κ3) is 8.40. The summed E-state index contributed by atoms with van der Waals surface area (Å²) in [7, 11) is 3.44. The molecule has 2 heterocycles. The highest BCUT2D eigenvalue weighted by atomic mass is 16.5. The van der Waals surface area contributed by atoms with Crippen molar-refractivity contribution in [3.63, 3.8) is 0 Å². The Morgan fingerprint density at radius 1 is 0.403 bits per heavy atom. The molecule has 0 fully saturated rings. The zero-order valence-corrected chi connectivity index (χ0v) is 43.1. The summed E-state index contributed by atoms with van der Waals surface area (Å²) in [5.74, 6) is 16.3. The average Bonchev–Trinajstić information content (AvgIpc) is 3.85. The van der Waals surface area contributed by atoms with Gasteiger partial charge in [0.15, 0.2) is 0 Å². The highest BCUT2D eigenvalue weighted by Crippen LogP contribution is 2.54. The van der Waals surface area contributed by atoms with Gasteiger partial charge in [0, 0.05) is 35.9 Å². The van der Waals surface area contributed by atoms with Crippen LogP contribution in [-0.4, -0.2) is 37.4 Å². The molecule has 7 heteroatoms. The van der Waals surface area contributed by atoms with Gasteiger partial charge in [0.05, 0.1) is 25.0 Å². The molecule has 0 N–H and O–H groups in total. The van der Waals surface area contributed by atoms with Gasteiger partial charge in [-0.05, 0) is 176 Å². The van der Waals surface area contributed by atoms with Crippen molar-refractivity contribution in [2.24, 2.45) is 0 Å². The minimum absolute atomic E-state index is 0.335. The van der Waals surface area contributed by atoms with Gasteiger partial charge in [-0.15, -0.1) is 11.8 Å². The molecule has 0 saturated carbocycles. The van der Waals surface area contributed by atoms with Gasteiger partial charge in [-0.25, -0.2) is 0 Å². The monoisotopic (exact) mass is 1000 g/mol. The number of hydrogen-bond acceptors (Lipinski definition) is 7. The first-order chi connectivity index (χ1) is 38.0. The predicted molar refractivity (Wildman–Crippen MR) is 308 cm³/mol. The molecule has 0 radical (unpaired) electrons. The predicted octanol–water partition coefficient (Wildman–Crippen LogP) is 15.1. The summed E-state index contributed by atoms with van der Waals surface area (Å²) in [4.78, 5) is 9.28. The van der Waals surface area contributed by atoms with Gasteiger partial charge in [-0.2, -0.15) is 0 Å². The first-order valence-corrected chi connectivity index (χ1v) is 25.6. The minimum Gasteiger partial charge on any atom is -0.496 e. The van der Waals surface area contributed by atoms with Crippen LogP contribution in [0.3, 0.4) is 0 Å². The molecule has 0 bridgehead atoms. The van der Waals surface area contributed by atoms with Crippen LogP contribution in [0.25, 0.3) is 45.2 Å². The van der Waals surface area contributed by atoms with Crippen molar-refractivity contribution in [3.05, 3.63) is 274 Å². The van der Waals surface area contributed by atoms with Gasteiger partial charge in [0.2, 0.25) is 0 Å². The number of aromatic nitrogens is 2. The Labute approximate surface area is 449 Å². The van der Waals surface area contributed by atoms with Crippen LogP contribution in [0.1, 0.15) is 80.6 Å². The molecule has 2 aliphatic rings. The third-order valence-electron chi connectivity index (χ3n) is 15.0. The maximum Gasteiger partial charge on any atom is 0.149 e. The van der Waals surface area contributed by atoms with E-state index in [4.69, 9.17) is 23.7 Å². The molecule has 12 rings (SSSR count). The number of fused-ring (bicyclic) bond motifs is 6. The van der Waals surface area contributed by atoms with Crippen LogP contribution in [-0.2, 0) is 20.3 Å². The van der Waals surface area contributed by atoms with Gasteiger partial charge < -0.3 is 23.7 Å². The summed E-state index contributed by atoms with van der Waals surface area (Å²) in [6, 6.07) is 64.3. The number of hydrogen-bond donors (Lipinski definition) is 0. The molecule has 372 valence electrons. The molecule has 10 aromatic rings. The number of benzene rings is 8. The summed E-state index contributed by atoms with van der Waals surface area (Å²) in [5.41, 5.74) is 10.9. The quantitative estimate of drug-likeness (QED) is 0.113. The van der Waals surface area contributed by atoms with Crippen molar-refractivity contribution in [1.82, 2.24) is 9.97 Å². The van der Waals surface area contributed by atoms with E-state index in [0.29, 0.717) is 24.7 Å². The number of ether oxygens (including phenoxy) is 5. The van der Waals surface area contributed by atoms with Crippen molar-refractivity contribution in [1.29, 1.82) is 0 Å². The smallest absolute Gasteiger partial charge is 0.149 e. The fourth-order valence-electron chi connectivity index (χ4n) is 11.6. The van der Waals surface area contributed by atoms with Gasteiger partial charge in [0.1, 0.15) is 47.7 Å². The topological polar surface area (TPSA) is 71.9 Å². The molecule has 7 nitrogen and oxygen atoms in total. The Morgan fingerprint density at radius 3 is 1.22 bits per heavy atom. The number of rotatable bonds is 12. The Hall–Kier alpha value is -9.82. The Kier molecular flexibility index (Phi) is 12.8. The minimum atomic E-state index is -0.804. The first-order valence-electron chi connectivity index (χ1n) is 25.6. The molecule has 2 aliphatic carbocycles. The summed E-state index contributed by atoms with van der Waals surface area (Å²) < 4.78 is 31.1. The summed E-state index contributed by atoms with van der Waals surface area (Å²) >= 11 is 0. The van der Waals surface area contributed by atoms with Crippen molar-refractivity contribution < 1.29 is 23.7 Å². The molecule has 77 heavy (non-hydrogen) atoms. The van der Waals surface area contributed by atoms with Gasteiger partial charge in [-0.3, -0.25) is 9.97 Å². The molecule has 0 aliphatic heterocycles. The van der Waals surface area contributed by atoms with Crippen LogP contribution in [0.2, 0.25) is 0 Å². The highest BCUT2D eigenvalue weighted by Gasteiger charge is 2.45. The van der Waals surface area contributed by atoms with Crippen LogP contribution in [0, 0.1) is 23.7 Å². The second-order valence-corrected chi connectivity index (χ2v) is 19.0. The molecule has 2 unspecified atom stereocenters. The van der Waals surface area contributed by atoms with E-state index in [9.17, 15) is 0 Å². The summed E-state index contributed by atoms with van der Waals surface area (Å²) in [6.07, 6.45) is 11.8. The number of methoxy groups -OCH3 is 2. The largest absolute Gasteiger partial charge is 0.496 e. The van der Waals surface area contributed by atoms with E-state index in [0.717, 1.165) is 111 Å².